The number of hydrogen-bond acceptors (Lipinski definition) is 3. The number of carbonyl (C=O) groups is 1. The summed E-state index contributed by atoms with van der Waals surface area (Å²) < 4.78 is 43.6. The first-order valence-corrected chi connectivity index (χ1v) is 7.74. The largest absolute Gasteiger partial charge is 0.463 e. The monoisotopic (exact) mass is 349 g/mol. The second-order valence-corrected chi connectivity index (χ2v) is 5.22. The molecule has 2 rings (SSSR count). The quantitative estimate of drug-likeness (QED) is 0.641. The second kappa shape index (κ2) is 8.37. The molecule has 1 atom stereocenters. The first-order valence-electron chi connectivity index (χ1n) is 7.74. The van der Waals surface area contributed by atoms with Crippen molar-refractivity contribution in [1.29, 1.82) is 0 Å². The summed E-state index contributed by atoms with van der Waals surface area (Å²) in [7, 11) is 0. The van der Waals surface area contributed by atoms with Crippen molar-refractivity contribution < 1.29 is 22.7 Å². The predicted molar refractivity (Wildman–Crippen MR) is 90.4 cm³/mol. The molecular weight excluding hydrogens is 331 g/mol. The van der Waals surface area contributed by atoms with Gasteiger partial charge < -0.3 is 10.1 Å². The Kier molecular flexibility index (Phi) is 6.22. The number of ether oxygens (including phenoxy) is 1. The van der Waals surface area contributed by atoms with Crippen LogP contribution >= 0.6 is 0 Å². The number of rotatable bonds is 5. The molecule has 1 aromatic rings. The molecule has 6 heteroatoms. The van der Waals surface area contributed by atoms with Crippen molar-refractivity contribution in [3.05, 3.63) is 77.5 Å². The minimum Gasteiger partial charge on any atom is -0.463 e. The van der Waals surface area contributed by atoms with Gasteiger partial charge in [0.2, 0.25) is 0 Å². The molecule has 1 aliphatic heterocycles. The third kappa shape index (κ3) is 5.67. The highest BCUT2D eigenvalue weighted by molar-refractivity contribution is 5.82. The summed E-state index contributed by atoms with van der Waals surface area (Å²) in [6.07, 6.45) is 3.83. The molecule has 132 valence electrons. The Morgan fingerprint density at radius 1 is 1.20 bits per heavy atom. The van der Waals surface area contributed by atoms with Crippen LogP contribution in [0.5, 0.6) is 0 Å². The van der Waals surface area contributed by atoms with Crippen molar-refractivity contribution >= 4 is 12.0 Å². The van der Waals surface area contributed by atoms with Gasteiger partial charge in [0.15, 0.2) is 0 Å². The molecular formula is C19H18F3NO2. The molecule has 0 aliphatic carbocycles. The number of carbonyl (C=O) groups excluding carboxylic acids is 1. The second-order valence-electron chi connectivity index (χ2n) is 5.22. The summed E-state index contributed by atoms with van der Waals surface area (Å²) in [6.45, 7) is 1.91. The number of allylic oxidation sites excluding steroid dienone is 3. The maximum Gasteiger partial charge on any atom is 0.430 e. The minimum absolute atomic E-state index is 0.232. The number of nitrogens with one attached hydrogen (secondary N) is 1. The van der Waals surface area contributed by atoms with E-state index in [9.17, 15) is 18.0 Å². The molecule has 1 N–H and O–H groups in total. The molecule has 0 saturated heterocycles. The Morgan fingerprint density at radius 2 is 1.92 bits per heavy atom. The van der Waals surface area contributed by atoms with Crippen LogP contribution in [0.25, 0.3) is 6.08 Å². The lowest BCUT2D eigenvalue weighted by atomic mass is 10.0. The van der Waals surface area contributed by atoms with Gasteiger partial charge in [0.05, 0.1) is 12.6 Å². The molecule has 1 aliphatic rings. The van der Waals surface area contributed by atoms with Crippen LogP contribution < -0.4 is 5.32 Å². The van der Waals surface area contributed by atoms with Gasteiger partial charge in [-0.1, -0.05) is 48.6 Å². The Labute approximate surface area is 144 Å². The molecule has 0 spiro atoms. The van der Waals surface area contributed by atoms with Crippen LogP contribution in [0.1, 0.15) is 12.5 Å². The van der Waals surface area contributed by atoms with Crippen LogP contribution in [-0.4, -0.2) is 24.8 Å². The fourth-order valence-corrected chi connectivity index (χ4v) is 2.20. The fraction of sp³-hybridized carbons (Fsp3) is 0.211. The zero-order valence-corrected chi connectivity index (χ0v) is 13.6. The number of esters is 1. The van der Waals surface area contributed by atoms with Gasteiger partial charge in [0, 0.05) is 6.08 Å². The van der Waals surface area contributed by atoms with Crippen LogP contribution in [0, 0.1) is 0 Å². The molecule has 0 radical (unpaired) electrons. The van der Waals surface area contributed by atoms with Crippen molar-refractivity contribution in [2.75, 3.05) is 6.61 Å². The molecule has 0 bridgehead atoms. The third-order valence-electron chi connectivity index (χ3n) is 3.40. The Morgan fingerprint density at radius 3 is 2.56 bits per heavy atom. The molecule has 3 nitrogen and oxygen atoms in total. The zero-order chi connectivity index (χ0) is 18.3. The van der Waals surface area contributed by atoms with E-state index in [2.05, 4.69) is 5.32 Å². The lowest BCUT2D eigenvalue weighted by Crippen LogP contribution is -2.36. The van der Waals surface area contributed by atoms with E-state index >= 15 is 0 Å². The van der Waals surface area contributed by atoms with Crippen LogP contribution in [0.4, 0.5) is 13.2 Å². The van der Waals surface area contributed by atoms with Crippen LogP contribution in [0.2, 0.25) is 0 Å². The third-order valence-corrected chi connectivity index (χ3v) is 3.40. The molecule has 25 heavy (non-hydrogen) atoms. The van der Waals surface area contributed by atoms with E-state index in [4.69, 9.17) is 4.74 Å². The lowest BCUT2D eigenvalue weighted by Gasteiger charge is -2.25. The SMILES string of the molecule is CCOC(=O)/C=C/C1=CC=C(C(F)(F)F)NC1/C=C/c1ccccc1. The van der Waals surface area contributed by atoms with Crippen molar-refractivity contribution in [2.24, 2.45) is 0 Å². The average molecular weight is 349 g/mol. The van der Waals surface area contributed by atoms with Crippen LogP contribution in [0.15, 0.2) is 72.0 Å². The Balaban J connectivity index is 2.24. The van der Waals surface area contributed by atoms with E-state index in [0.29, 0.717) is 5.57 Å². The summed E-state index contributed by atoms with van der Waals surface area (Å²) in [5, 5.41) is 2.45. The van der Waals surface area contributed by atoms with E-state index in [0.717, 1.165) is 11.6 Å². The van der Waals surface area contributed by atoms with Gasteiger partial charge in [-0.25, -0.2) is 4.79 Å². The van der Waals surface area contributed by atoms with Crippen LogP contribution in [0.3, 0.4) is 0 Å². The van der Waals surface area contributed by atoms with Gasteiger partial charge >= 0.3 is 12.1 Å². The Bertz CT molecular complexity index is 716. The van der Waals surface area contributed by atoms with Gasteiger partial charge in [-0.3, -0.25) is 0 Å². The van der Waals surface area contributed by atoms with E-state index in [-0.39, 0.29) is 6.61 Å². The van der Waals surface area contributed by atoms with E-state index in [1.807, 2.05) is 30.3 Å². The molecule has 1 heterocycles. The summed E-state index contributed by atoms with van der Waals surface area (Å²) >= 11 is 0. The van der Waals surface area contributed by atoms with E-state index < -0.39 is 23.9 Å². The van der Waals surface area contributed by atoms with Crippen LogP contribution in [-0.2, 0) is 9.53 Å². The topological polar surface area (TPSA) is 38.3 Å². The molecule has 0 fully saturated rings. The van der Waals surface area contributed by atoms with Crippen molar-refractivity contribution in [1.82, 2.24) is 5.32 Å². The first-order chi connectivity index (χ1) is 11.9. The van der Waals surface area contributed by atoms with Crippen molar-refractivity contribution in [3.63, 3.8) is 0 Å². The smallest absolute Gasteiger partial charge is 0.430 e. The Hall–Kier alpha value is -2.76. The highest BCUT2D eigenvalue weighted by atomic mass is 19.4. The van der Waals surface area contributed by atoms with Crippen molar-refractivity contribution in [2.45, 2.75) is 19.1 Å². The summed E-state index contributed by atoms with van der Waals surface area (Å²) in [5.74, 6) is -0.542. The van der Waals surface area contributed by atoms with E-state index in [1.165, 1.54) is 18.2 Å². The van der Waals surface area contributed by atoms with Gasteiger partial charge in [-0.2, -0.15) is 13.2 Å². The summed E-state index contributed by atoms with van der Waals surface area (Å²) in [5.41, 5.74) is 0.554. The normalized spacial score (nSPS) is 18.0. The average Bonchev–Trinajstić information content (AvgIpc) is 2.59. The lowest BCUT2D eigenvalue weighted by molar-refractivity contribution is -0.137. The highest BCUT2D eigenvalue weighted by Gasteiger charge is 2.36. The number of hydrogen-bond donors (Lipinski definition) is 1. The summed E-state index contributed by atoms with van der Waals surface area (Å²) in [4.78, 5) is 11.4. The molecule has 0 saturated carbocycles. The zero-order valence-electron chi connectivity index (χ0n) is 13.6. The van der Waals surface area contributed by atoms with Crippen molar-refractivity contribution in [3.8, 4) is 0 Å². The number of dihydropyridines is 1. The standard InChI is InChI=1S/C19H18F3NO2/c1-2-25-18(24)13-10-15-9-12-17(19(20,21)22)23-16(15)11-8-14-6-4-3-5-7-14/h3-13,16,23H,2H2,1H3/b11-8+,13-10+. The van der Waals surface area contributed by atoms with Gasteiger partial charge in [0.1, 0.15) is 5.70 Å². The van der Waals surface area contributed by atoms with Gasteiger partial charge in [0.25, 0.3) is 0 Å². The number of benzene rings is 1. The van der Waals surface area contributed by atoms with Gasteiger partial charge in [-0.05, 0) is 30.2 Å². The maximum atomic E-state index is 12.9. The van der Waals surface area contributed by atoms with Gasteiger partial charge in [-0.15, -0.1) is 0 Å². The number of halogens is 3. The first kappa shape index (κ1) is 18.6. The maximum absolute atomic E-state index is 12.9. The predicted octanol–water partition coefficient (Wildman–Crippen LogP) is 4.16. The molecule has 0 aromatic heterocycles. The summed E-state index contributed by atoms with van der Waals surface area (Å²) in [6, 6.07) is 8.51. The fourth-order valence-electron chi connectivity index (χ4n) is 2.20. The number of alkyl halides is 3. The minimum atomic E-state index is -4.47. The molecule has 0 amide bonds. The molecule has 1 aromatic carbocycles. The highest BCUT2D eigenvalue weighted by Crippen LogP contribution is 2.28. The molecule has 1 unspecified atom stereocenters. The van der Waals surface area contributed by atoms with E-state index in [1.54, 1.807) is 19.1 Å².